The standard InChI is InChI=1S/C18H30O2Si/c1-14(2)21(15(3)4,16(5)6)20-18(19-7)13-17-11-9-8-10-12-17/h8-16H,1-7H3/b18-13+. The second-order valence-corrected chi connectivity index (χ2v) is 11.9. The highest BCUT2D eigenvalue weighted by atomic mass is 28.4. The third-order valence-electron chi connectivity index (χ3n) is 4.27. The Kier molecular flexibility index (Phi) is 6.53. The topological polar surface area (TPSA) is 18.5 Å². The average Bonchev–Trinajstić information content (AvgIpc) is 2.43. The normalized spacial score (nSPS) is 13.1. The van der Waals surface area contributed by atoms with E-state index < -0.39 is 8.32 Å². The first-order chi connectivity index (χ1) is 9.84. The number of ether oxygens (including phenoxy) is 1. The Morgan fingerprint density at radius 2 is 1.38 bits per heavy atom. The lowest BCUT2D eigenvalue weighted by molar-refractivity contribution is 0.142. The third-order valence-corrected chi connectivity index (χ3v) is 10.2. The number of methoxy groups -OCH3 is 1. The summed E-state index contributed by atoms with van der Waals surface area (Å²) in [6.45, 7) is 13.7. The van der Waals surface area contributed by atoms with E-state index in [1.54, 1.807) is 7.11 Å². The molecule has 0 aliphatic carbocycles. The first kappa shape index (κ1) is 17.8. The zero-order chi connectivity index (χ0) is 16.0. The lowest BCUT2D eigenvalue weighted by Gasteiger charge is -2.42. The predicted octanol–water partition coefficient (Wildman–Crippen LogP) is 5.82. The van der Waals surface area contributed by atoms with E-state index in [1.807, 2.05) is 24.3 Å². The fourth-order valence-corrected chi connectivity index (χ4v) is 8.54. The maximum Gasteiger partial charge on any atom is 0.265 e. The van der Waals surface area contributed by atoms with E-state index in [4.69, 9.17) is 9.16 Å². The molecule has 0 aromatic heterocycles. The highest BCUT2D eigenvalue weighted by Gasteiger charge is 2.47. The molecule has 0 bridgehead atoms. The molecule has 118 valence electrons. The average molecular weight is 307 g/mol. The van der Waals surface area contributed by atoms with Crippen molar-refractivity contribution in [3.63, 3.8) is 0 Å². The van der Waals surface area contributed by atoms with Gasteiger partial charge in [0.05, 0.1) is 7.11 Å². The van der Waals surface area contributed by atoms with Crippen LogP contribution in [0.2, 0.25) is 16.6 Å². The third kappa shape index (κ3) is 4.13. The lowest BCUT2D eigenvalue weighted by atomic mass is 10.2. The SMILES string of the molecule is CO/C(=C\c1ccccc1)O[Si](C(C)C)(C(C)C)C(C)C. The zero-order valence-corrected chi connectivity index (χ0v) is 15.5. The summed E-state index contributed by atoms with van der Waals surface area (Å²) >= 11 is 0. The molecule has 1 aromatic rings. The number of hydrogen-bond donors (Lipinski definition) is 0. The van der Waals surface area contributed by atoms with Crippen LogP contribution in [0, 0.1) is 0 Å². The molecule has 2 nitrogen and oxygen atoms in total. The smallest absolute Gasteiger partial charge is 0.265 e. The van der Waals surface area contributed by atoms with Crippen LogP contribution >= 0.6 is 0 Å². The van der Waals surface area contributed by atoms with Gasteiger partial charge in [-0.3, -0.25) is 0 Å². The highest BCUT2D eigenvalue weighted by Crippen LogP contribution is 2.43. The van der Waals surface area contributed by atoms with E-state index in [2.05, 4.69) is 53.7 Å². The Morgan fingerprint density at radius 1 is 0.905 bits per heavy atom. The maximum atomic E-state index is 6.55. The molecular formula is C18H30O2Si. The highest BCUT2D eigenvalue weighted by molar-refractivity contribution is 6.77. The van der Waals surface area contributed by atoms with E-state index in [-0.39, 0.29) is 0 Å². The van der Waals surface area contributed by atoms with Crippen LogP contribution in [0.3, 0.4) is 0 Å². The molecule has 0 fully saturated rings. The summed E-state index contributed by atoms with van der Waals surface area (Å²) in [6.07, 6.45) is 1.99. The van der Waals surface area contributed by atoms with Gasteiger partial charge in [0, 0.05) is 6.08 Å². The van der Waals surface area contributed by atoms with Crippen molar-refractivity contribution in [3.8, 4) is 0 Å². The second kappa shape index (κ2) is 7.69. The summed E-state index contributed by atoms with van der Waals surface area (Å²) in [4.78, 5) is 0. The molecule has 0 atom stereocenters. The lowest BCUT2D eigenvalue weighted by Crippen LogP contribution is -2.47. The van der Waals surface area contributed by atoms with Crippen molar-refractivity contribution in [1.29, 1.82) is 0 Å². The number of rotatable bonds is 7. The van der Waals surface area contributed by atoms with Crippen LogP contribution in [0.15, 0.2) is 36.3 Å². The summed E-state index contributed by atoms with van der Waals surface area (Å²) in [5.74, 6) is 0.643. The van der Waals surface area contributed by atoms with Crippen LogP contribution in [0.25, 0.3) is 6.08 Å². The largest absolute Gasteiger partial charge is 0.518 e. The zero-order valence-electron chi connectivity index (χ0n) is 14.5. The molecule has 21 heavy (non-hydrogen) atoms. The van der Waals surface area contributed by atoms with Gasteiger partial charge in [0.1, 0.15) is 0 Å². The molecule has 0 aliphatic heterocycles. The summed E-state index contributed by atoms with van der Waals surface area (Å²) in [5, 5.41) is 0. The van der Waals surface area contributed by atoms with Gasteiger partial charge in [-0.05, 0) is 22.2 Å². The molecule has 0 amide bonds. The van der Waals surface area contributed by atoms with Crippen LogP contribution in [0.5, 0.6) is 0 Å². The van der Waals surface area contributed by atoms with Crippen molar-refractivity contribution >= 4 is 14.4 Å². The molecule has 0 N–H and O–H groups in total. The van der Waals surface area contributed by atoms with Gasteiger partial charge >= 0.3 is 0 Å². The Balaban J connectivity index is 3.14. The van der Waals surface area contributed by atoms with Gasteiger partial charge in [-0.1, -0.05) is 71.9 Å². The van der Waals surface area contributed by atoms with Gasteiger partial charge in [-0.15, -0.1) is 0 Å². The van der Waals surface area contributed by atoms with Crippen LogP contribution < -0.4 is 0 Å². The predicted molar refractivity (Wildman–Crippen MR) is 93.6 cm³/mol. The first-order valence-corrected chi connectivity index (χ1v) is 9.98. The van der Waals surface area contributed by atoms with E-state index >= 15 is 0 Å². The van der Waals surface area contributed by atoms with Gasteiger partial charge in [0.15, 0.2) is 0 Å². The molecule has 0 aliphatic rings. The molecule has 0 radical (unpaired) electrons. The second-order valence-electron chi connectivity index (χ2n) is 6.50. The summed E-state index contributed by atoms with van der Waals surface area (Å²) in [6, 6.07) is 10.2. The quantitative estimate of drug-likeness (QED) is 0.466. The van der Waals surface area contributed by atoms with Crippen molar-refractivity contribution in [2.45, 2.75) is 58.2 Å². The monoisotopic (exact) mass is 306 g/mol. The Bertz CT molecular complexity index is 428. The fourth-order valence-electron chi connectivity index (χ4n) is 3.34. The van der Waals surface area contributed by atoms with Crippen LogP contribution in [-0.2, 0) is 9.16 Å². The van der Waals surface area contributed by atoms with E-state index in [9.17, 15) is 0 Å². The molecule has 0 unspecified atom stereocenters. The number of benzene rings is 1. The Hall–Kier alpha value is -1.22. The van der Waals surface area contributed by atoms with Gasteiger partial charge in [-0.25, -0.2) is 0 Å². The minimum Gasteiger partial charge on any atom is -0.518 e. The fraction of sp³-hybridized carbons (Fsp3) is 0.556. The van der Waals surface area contributed by atoms with Gasteiger partial charge in [-0.2, -0.15) is 0 Å². The molecular weight excluding hydrogens is 276 g/mol. The van der Waals surface area contributed by atoms with Gasteiger partial charge < -0.3 is 9.16 Å². The Morgan fingerprint density at radius 3 is 1.76 bits per heavy atom. The van der Waals surface area contributed by atoms with Crippen LogP contribution in [0.1, 0.15) is 47.1 Å². The van der Waals surface area contributed by atoms with E-state index in [1.165, 1.54) is 0 Å². The molecule has 0 saturated heterocycles. The van der Waals surface area contributed by atoms with E-state index in [0.717, 1.165) is 5.56 Å². The molecule has 0 saturated carbocycles. The maximum absolute atomic E-state index is 6.55. The van der Waals surface area contributed by atoms with Gasteiger partial charge in [0.2, 0.25) is 0 Å². The van der Waals surface area contributed by atoms with Crippen LogP contribution in [0.4, 0.5) is 0 Å². The summed E-state index contributed by atoms with van der Waals surface area (Å²) in [7, 11) is -0.269. The molecule has 0 heterocycles. The van der Waals surface area contributed by atoms with Crippen molar-refractivity contribution in [3.05, 3.63) is 41.8 Å². The van der Waals surface area contributed by atoms with E-state index in [0.29, 0.717) is 22.6 Å². The van der Waals surface area contributed by atoms with Crippen molar-refractivity contribution in [2.75, 3.05) is 7.11 Å². The minimum absolute atomic E-state index is 0.534. The minimum atomic E-state index is -1.96. The van der Waals surface area contributed by atoms with Crippen molar-refractivity contribution in [2.24, 2.45) is 0 Å². The molecule has 1 rings (SSSR count). The van der Waals surface area contributed by atoms with Crippen molar-refractivity contribution in [1.82, 2.24) is 0 Å². The molecule has 1 aromatic carbocycles. The Labute approximate surface area is 131 Å². The summed E-state index contributed by atoms with van der Waals surface area (Å²) < 4.78 is 12.1. The van der Waals surface area contributed by atoms with Crippen molar-refractivity contribution < 1.29 is 9.16 Å². The molecule has 3 heteroatoms. The van der Waals surface area contributed by atoms with Gasteiger partial charge in [0.25, 0.3) is 14.3 Å². The first-order valence-electron chi connectivity index (χ1n) is 7.84. The van der Waals surface area contributed by atoms with Crippen LogP contribution in [-0.4, -0.2) is 15.4 Å². The molecule has 0 spiro atoms. The number of hydrogen-bond acceptors (Lipinski definition) is 2. The summed E-state index contributed by atoms with van der Waals surface area (Å²) in [5.41, 5.74) is 2.71.